The third kappa shape index (κ3) is 4.69. The standard InChI is InChI=1S/C21H17BrClN3O2S/c22-14-4-1-3-13(9-14)21-24-15(12-29-21)10-19(27)25-18-11-16(6-7-17(18)23)26-8-2-5-20(26)28/h1,3-4,6-7,9,11-12H,2,5,8,10H2,(H,25,27). The van der Waals surface area contributed by atoms with Gasteiger partial charge in [0.05, 0.1) is 22.8 Å². The van der Waals surface area contributed by atoms with E-state index in [1.165, 1.54) is 11.3 Å². The average molecular weight is 491 g/mol. The molecule has 29 heavy (non-hydrogen) atoms. The first-order valence-electron chi connectivity index (χ1n) is 9.10. The molecule has 4 rings (SSSR count). The second-order valence-electron chi connectivity index (χ2n) is 6.69. The van der Waals surface area contributed by atoms with Gasteiger partial charge in [-0.1, -0.05) is 39.7 Å². The summed E-state index contributed by atoms with van der Waals surface area (Å²) in [6, 6.07) is 13.1. The van der Waals surface area contributed by atoms with Gasteiger partial charge >= 0.3 is 0 Å². The van der Waals surface area contributed by atoms with E-state index in [1.807, 2.05) is 29.6 Å². The maximum absolute atomic E-state index is 12.5. The molecule has 5 nitrogen and oxygen atoms in total. The van der Waals surface area contributed by atoms with Crippen molar-refractivity contribution in [2.75, 3.05) is 16.8 Å². The van der Waals surface area contributed by atoms with Gasteiger partial charge in [-0.05, 0) is 36.8 Å². The molecule has 1 fully saturated rings. The van der Waals surface area contributed by atoms with Gasteiger partial charge in [-0.25, -0.2) is 4.98 Å². The van der Waals surface area contributed by atoms with Crippen LogP contribution in [0.1, 0.15) is 18.5 Å². The molecule has 0 radical (unpaired) electrons. The monoisotopic (exact) mass is 489 g/mol. The largest absolute Gasteiger partial charge is 0.324 e. The van der Waals surface area contributed by atoms with Crippen LogP contribution in [0.25, 0.3) is 10.6 Å². The van der Waals surface area contributed by atoms with E-state index in [4.69, 9.17) is 11.6 Å². The minimum Gasteiger partial charge on any atom is -0.324 e. The highest BCUT2D eigenvalue weighted by molar-refractivity contribution is 9.10. The lowest BCUT2D eigenvalue weighted by molar-refractivity contribution is -0.117. The number of thiazole rings is 1. The lowest BCUT2D eigenvalue weighted by Gasteiger charge is -2.17. The third-order valence-electron chi connectivity index (χ3n) is 4.57. The molecule has 2 aromatic carbocycles. The van der Waals surface area contributed by atoms with Gasteiger partial charge in [0.1, 0.15) is 5.01 Å². The number of benzene rings is 2. The zero-order chi connectivity index (χ0) is 20.4. The van der Waals surface area contributed by atoms with Gasteiger partial charge in [0.2, 0.25) is 11.8 Å². The predicted octanol–water partition coefficient (Wildman–Crippen LogP) is 5.53. The first kappa shape index (κ1) is 20.1. The molecule has 1 saturated heterocycles. The van der Waals surface area contributed by atoms with Crippen LogP contribution in [0.4, 0.5) is 11.4 Å². The summed E-state index contributed by atoms with van der Waals surface area (Å²) in [5.41, 5.74) is 2.95. The number of nitrogens with one attached hydrogen (secondary N) is 1. The van der Waals surface area contributed by atoms with Crippen LogP contribution in [0.15, 0.2) is 52.3 Å². The lowest BCUT2D eigenvalue weighted by Crippen LogP contribution is -2.24. The number of hydrogen-bond acceptors (Lipinski definition) is 4. The Kier molecular flexibility index (Phi) is 5.99. The number of carbonyl (C=O) groups excluding carboxylic acids is 2. The summed E-state index contributed by atoms with van der Waals surface area (Å²) in [5, 5.41) is 6.02. The SMILES string of the molecule is O=C(Cc1csc(-c2cccc(Br)c2)n1)Nc1cc(N2CCCC2=O)ccc1Cl. The Labute approximate surface area is 185 Å². The van der Waals surface area contributed by atoms with Crippen LogP contribution in [0, 0.1) is 0 Å². The molecule has 148 valence electrons. The fourth-order valence-corrected chi connectivity index (χ4v) is 4.58. The topological polar surface area (TPSA) is 62.3 Å². The Bertz CT molecular complexity index is 1090. The summed E-state index contributed by atoms with van der Waals surface area (Å²) >= 11 is 11.2. The average Bonchev–Trinajstić information content (AvgIpc) is 3.33. The quantitative estimate of drug-likeness (QED) is 0.511. The van der Waals surface area contributed by atoms with Crippen LogP contribution >= 0.6 is 38.9 Å². The third-order valence-corrected chi connectivity index (χ3v) is 6.34. The van der Waals surface area contributed by atoms with E-state index < -0.39 is 0 Å². The minimum atomic E-state index is -0.206. The number of amides is 2. The first-order chi connectivity index (χ1) is 14.0. The summed E-state index contributed by atoms with van der Waals surface area (Å²) in [5.74, 6) is -0.116. The molecule has 1 aliphatic heterocycles. The van der Waals surface area contributed by atoms with Gasteiger partial charge in [-0.2, -0.15) is 0 Å². The number of carbonyl (C=O) groups is 2. The van der Waals surface area contributed by atoms with Crippen LogP contribution in [-0.4, -0.2) is 23.3 Å². The fraction of sp³-hybridized carbons (Fsp3) is 0.190. The molecule has 0 saturated carbocycles. The molecular weight excluding hydrogens is 474 g/mol. The van der Waals surface area contributed by atoms with Crippen molar-refractivity contribution in [2.24, 2.45) is 0 Å². The zero-order valence-corrected chi connectivity index (χ0v) is 18.5. The molecule has 1 aliphatic rings. The molecule has 2 heterocycles. The molecule has 3 aromatic rings. The number of hydrogen-bond donors (Lipinski definition) is 1. The molecule has 8 heteroatoms. The van der Waals surface area contributed by atoms with E-state index in [0.29, 0.717) is 29.4 Å². The van der Waals surface area contributed by atoms with Gasteiger partial charge in [0.25, 0.3) is 0 Å². The Hall–Kier alpha value is -2.22. The van der Waals surface area contributed by atoms with Crippen LogP contribution in [0.2, 0.25) is 5.02 Å². The van der Waals surface area contributed by atoms with Gasteiger partial charge in [0, 0.05) is 34.1 Å². The van der Waals surface area contributed by atoms with Crippen molar-refractivity contribution in [1.29, 1.82) is 0 Å². The van der Waals surface area contributed by atoms with Crippen molar-refractivity contribution in [1.82, 2.24) is 4.98 Å². The van der Waals surface area contributed by atoms with E-state index in [2.05, 4.69) is 26.2 Å². The minimum absolute atomic E-state index is 0.0900. The number of aromatic nitrogens is 1. The number of anilines is 2. The van der Waals surface area contributed by atoms with E-state index >= 15 is 0 Å². The Morgan fingerprint density at radius 2 is 2.14 bits per heavy atom. The Morgan fingerprint density at radius 3 is 2.90 bits per heavy atom. The number of nitrogens with zero attached hydrogens (tertiary/aromatic N) is 2. The summed E-state index contributed by atoms with van der Waals surface area (Å²) in [4.78, 5) is 30.8. The molecular formula is C21H17BrClN3O2S. The van der Waals surface area contributed by atoms with Crippen molar-refractivity contribution in [3.8, 4) is 10.6 Å². The highest BCUT2D eigenvalue weighted by Crippen LogP contribution is 2.30. The van der Waals surface area contributed by atoms with Crippen molar-refractivity contribution in [3.05, 3.63) is 63.0 Å². The molecule has 0 aliphatic carbocycles. The van der Waals surface area contributed by atoms with E-state index in [9.17, 15) is 9.59 Å². The van der Waals surface area contributed by atoms with Gasteiger partial charge < -0.3 is 10.2 Å². The van der Waals surface area contributed by atoms with E-state index in [1.54, 1.807) is 23.1 Å². The number of halogens is 2. The van der Waals surface area contributed by atoms with Gasteiger partial charge in [0.15, 0.2) is 0 Å². The molecule has 1 N–H and O–H groups in total. The van der Waals surface area contributed by atoms with Crippen molar-refractivity contribution >= 4 is 62.1 Å². The van der Waals surface area contributed by atoms with Crippen LogP contribution in [0.5, 0.6) is 0 Å². The molecule has 0 unspecified atom stereocenters. The smallest absolute Gasteiger partial charge is 0.230 e. The summed E-state index contributed by atoms with van der Waals surface area (Å²) in [6.07, 6.45) is 1.54. The highest BCUT2D eigenvalue weighted by atomic mass is 79.9. The fourth-order valence-electron chi connectivity index (χ4n) is 3.20. The Balaban J connectivity index is 1.46. The summed E-state index contributed by atoms with van der Waals surface area (Å²) < 4.78 is 0.982. The molecule has 2 amide bonds. The van der Waals surface area contributed by atoms with E-state index in [-0.39, 0.29) is 18.2 Å². The second-order valence-corrected chi connectivity index (χ2v) is 8.87. The second kappa shape index (κ2) is 8.65. The van der Waals surface area contributed by atoms with Crippen molar-refractivity contribution in [2.45, 2.75) is 19.3 Å². The zero-order valence-electron chi connectivity index (χ0n) is 15.3. The van der Waals surface area contributed by atoms with Crippen molar-refractivity contribution < 1.29 is 9.59 Å². The molecule has 0 spiro atoms. The molecule has 0 atom stereocenters. The van der Waals surface area contributed by atoms with Crippen molar-refractivity contribution in [3.63, 3.8) is 0 Å². The number of rotatable bonds is 5. The first-order valence-corrected chi connectivity index (χ1v) is 11.1. The summed E-state index contributed by atoms with van der Waals surface area (Å²) in [6.45, 7) is 0.686. The highest BCUT2D eigenvalue weighted by Gasteiger charge is 2.22. The lowest BCUT2D eigenvalue weighted by atomic mass is 10.2. The normalized spacial score (nSPS) is 13.7. The summed E-state index contributed by atoms with van der Waals surface area (Å²) in [7, 11) is 0. The van der Waals surface area contributed by atoms with E-state index in [0.717, 1.165) is 27.2 Å². The van der Waals surface area contributed by atoms with Crippen LogP contribution < -0.4 is 10.2 Å². The predicted molar refractivity (Wildman–Crippen MR) is 121 cm³/mol. The van der Waals surface area contributed by atoms with Crippen LogP contribution in [0.3, 0.4) is 0 Å². The molecule has 1 aromatic heterocycles. The van der Waals surface area contributed by atoms with Gasteiger partial charge in [-0.15, -0.1) is 11.3 Å². The van der Waals surface area contributed by atoms with Crippen LogP contribution in [-0.2, 0) is 16.0 Å². The maximum Gasteiger partial charge on any atom is 0.230 e. The molecule has 0 bridgehead atoms. The maximum atomic E-state index is 12.5. The van der Waals surface area contributed by atoms with Gasteiger partial charge in [-0.3, -0.25) is 9.59 Å². The Morgan fingerprint density at radius 1 is 1.28 bits per heavy atom.